The fraction of sp³-hybridized carbons (Fsp3) is 0.800. The molecule has 2 N–H and O–H groups in total. The third kappa shape index (κ3) is 4.78. The maximum atomic E-state index is 11.2. The normalized spacial score (nSPS) is 17.1. The van der Waals surface area contributed by atoms with Gasteiger partial charge in [-0.25, -0.2) is 4.79 Å². The van der Waals surface area contributed by atoms with E-state index >= 15 is 0 Å². The zero-order valence-electron chi connectivity index (χ0n) is 8.86. The summed E-state index contributed by atoms with van der Waals surface area (Å²) in [7, 11) is 0. The van der Waals surface area contributed by atoms with Gasteiger partial charge in [0.05, 0.1) is 0 Å². The van der Waals surface area contributed by atoms with E-state index in [4.69, 9.17) is 9.84 Å². The highest BCUT2D eigenvalue weighted by Crippen LogP contribution is 2.33. The molecule has 1 rings (SSSR count). The van der Waals surface area contributed by atoms with Crippen LogP contribution >= 0.6 is 0 Å². The van der Waals surface area contributed by atoms with Crippen LogP contribution in [0.15, 0.2) is 0 Å². The van der Waals surface area contributed by atoms with Crippen LogP contribution < -0.4 is 5.32 Å². The van der Waals surface area contributed by atoms with E-state index < -0.39 is 12.0 Å². The van der Waals surface area contributed by atoms with Crippen molar-refractivity contribution in [1.82, 2.24) is 5.32 Å². The van der Waals surface area contributed by atoms with E-state index in [9.17, 15) is 9.59 Å². The second-order valence-electron chi connectivity index (χ2n) is 3.77. The molecule has 5 nitrogen and oxygen atoms in total. The zero-order valence-corrected chi connectivity index (χ0v) is 8.86. The van der Waals surface area contributed by atoms with Gasteiger partial charge in [0.1, 0.15) is 12.6 Å². The highest BCUT2D eigenvalue weighted by atomic mass is 16.5. The molecule has 1 aliphatic carbocycles. The summed E-state index contributed by atoms with van der Waals surface area (Å²) in [5.41, 5.74) is 0. The maximum Gasteiger partial charge on any atom is 0.326 e. The van der Waals surface area contributed by atoms with Crippen molar-refractivity contribution in [3.8, 4) is 0 Å². The Labute approximate surface area is 88.8 Å². The average Bonchev–Trinajstić information content (AvgIpc) is 2.97. The Balaban J connectivity index is 2.28. The third-order valence-corrected chi connectivity index (χ3v) is 2.34. The molecule has 0 bridgehead atoms. The van der Waals surface area contributed by atoms with Crippen LogP contribution in [0.4, 0.5) is 0 Å². The standard InChI is InChI=1S/C10H17NO4/c1-2-15-6-9(12)11-8(10(13)14)5-7-3-4-7/h7-8H,2-6H2,1H3,(H,11,12)(H,13,14). The van der Waals surface area contributed by atoms with Crippen molar-refractivity contribution >= 4 is 11.9 Å². The lowest BCUT2D eigenvalue weighted by Crippen LogP contribution is -2.42. The SMILES string of the molecule is CCOCC(=O)NC(CC1CC1)C(=O)O. The number of ether oxygens (including phenoxy) is 1. The molecular formula is C10H17NO4. The number of hydrogen-bond acceptors (Lipinski definition) is 3. The summed E-state index contributed by atoms with van der Waals surface area (Å²) in [6.45, 7) is 2.17. The largest absolute Gasteiger partial charge is 0.480 e. The van der Waals surface area contributed by atoms with Crippen LogP contribution in [0.2, 0.25) is 0 Å². The summed E-state index contributed by atoms with van der Waals surface area (Å²) in [4.78, 5) is 22.0. The number of amides is 1. The van der Waals surface area contributed by atoms with E-state index in [2.05, 4.69) is 5.32 Å². The van der Waals surface area contributed by atoms with Gasteiger partial charge in [0.15, 0.2) is 0 Å². The number of carboxylic acids is 1. The van der Waals surface area contributed by atoms with Gasteiger partial charge < -0.3 is 15.2 Å². The first-order chi connectivity index (χ1) is 7.13. The molecule has 0 heterocycles. The van der Waals surface area contributed by atoms with Crippen molar-refractivity contribution in [2.75, 3.05) is 13.2 Å². The third-order valence-electron chi connectivity index (χ3n) is 2.34. The van der Waals surface area contributed by atoms with E-state index in [1.807, 2.05) is 0 Å². The van der Waals surface area contributed by atoms with Crippen LogP contribution in [0, 0.1) is 5.92 Å². The van der Waals surface area contributed by atoms with E-state index in [0.717, 1.165) is 12.8 Å². The Hall–Kier alpha value is -1.10. The van der Waals surface area contributed by atoms with Gasteiger partial charge in [-0.3, -0.25) is 4.79 Å². The predicted octanol–water partition coefficient (Wildman–Crippen LogP) is 0.392. The molecule has 1 fully saturated rings. The van der Waals surface area contributed by atoms with Gasteiger partial charge in [0.25, 0.3) is 0 Å². The number of rotatable bonds is 7. The smallest absolute Gasteiger partial charge is 0.326 e. The quantitative estimate of drug-likeness (QED) is 0.644. The second kappa shape index (κ2) is 5.70. The molecule has 0 aromatic heterocycles. The molecule has 1 unspecified atom stereocenters. The van der Waals surface area contributed by atoms with E-state index in [0.29, 0.717) is 18.9 Å². The van der Waals surface area contributed by atoms with Crippen molar-refractivity contribution in [1.29, 1.82) is 0 Å². The van der Waals surface area contributed by atoms with Crippen LogP contribution in [0.1, 0.15) is 26.2 Å². The monoisotopic (exact) mass is 215 g/mol. The molecule has 86 valence electrons. The van der Waals surface area contributed by atoms with Gasteiger partial charge in [-0.2, -0.15) is 0 Å². The molecule has 0 aromatic carbocycles. The summed E-state index contributed by atoms with van der Waals surface area (Å²) in [5.74, 6) is -0.852. The Morgan fingerprint density at radius 3 is 2.67 bits per heavy atom. The number of aliphatic carboxylic acids is 1. The maximum absolute atomic E-state index is 11.2. The Kier molecular flexibility index (Phi) is 4.55. The summed E-state index contributed by atoms with van der Waals surface area (Å²) in [5, 5.41) is 11.3. The van der Waals surface area contributed by atoms with Crippen molar-refractivity contribution in [2.24, 2.45) is 5.92 Å². The van der Waals surface area contributed by atoms with Crippen LogP contribution in [0.5, 0.6) is 0 Å². The molecule has 1 saturated carbocycles. The topological polar surface area (TPSA) is 75.6 Å². The highest BCUT2D eigenvalue weighted by Gasteiger charge is 2.29. The van der Waals surface area contributed by atoms with Gasteiger partial charge in [-0.05, 0) is 19.3 Å². The van der Waals surface area contributed by atoms with E-state index in [1.54, 1.807) is 6.92 Å². The van der Waals surface area contributed by atoms with Crippen LogP contribution in [-0.4, -0.2) is 36.2 Å². The van der Waals surface area contributed by atoms with Crippen LogP contribution in [-0.2, 0) is 14.3 Å². The molecule has 1 atom stereocenters. The molecule has 0 radical (unpaired) electrons. The highest BCUT2D eigenvalue weighted by molar-refractivity contribution is 5.84. The molecule has 1 amide bonds. The van der Waals surface area contributed by atoms with Gasteiger partial charge in [0.2, 0.25) is 5.91 Å². The minimum absolute atomic E-state index is 0.0645. The molecule has 0 aromatic rings. The van der Waals surface area contributed by atoms with Crippen molar-refractivity contribution in [3.05, 3.63) is 0 Å². The fourth-order valence-electron chi connectivity index (χ4n) is 1.34. The van der Waals surface area contributed by atoms with Gasteiger partial charge in [-0.15, -0.1) is 0 Å². The Morgan fingerprint density at radius 1 is 1.53 bits per heavy atom. The number of carbonyl (C=O) groups excluding carboxylic acids is 1. The Bertz CT molecular complexity index is 238. The second-order valence-corrected chi connectivity index (χ2v) is 3.77. The van der Waals surface area contributed by atoms with Crippen molar-refractivity contribution in [3.63, 3.8) is 0 Å². The minimum Gasteiger partial charge on any atom is -0.480 e. The molecule has 0 saturated heterocycles. The van der Waals surface area contributed by atoms with E-state index in [-0.39, 0.29) is 12.5 Å². The number of hydrogen-bond donors (Lipinski definition) is 2. The van der Waals surface area contributed by atoms with Crippen LogP contribution in [0.3, 0.4) is 0 Å². The van der Waals surface area contributed by atoms with Crippen molar-refractivity contribution in [2.45, 2.75) is 32.2 Å². The lowest BCUT2D eigenvalue weighted by molar-refractivity contribution is -0.142. The molecule has 15 heavy (non-hydrogen) atoms. The molecule has 0 aliphatic heterocycles. The number of carbonyl (C=O) groups is 2. The predicted molar refractivity (Wildman–Crippen MR) is 53.4 cm³/mol. The Morgan fingerprint density at radius 2 is 2.20 bits per heavy atom. The number of nitrogens with one attached hydrogen (secondary N) is 1. The first-order valence-corrected chi connectivity index (χ1v) is 5.23. The molecule has 1 aliphatic rings. The summed E-state index contributed by atoms with van der Waals surface area (Å²) in [6, 6.07) is -0.759. The summed E-state index contributed by atoms with van der Waals surface area (Å²) >= 11 is 0. The first kappa shape index (κ1) is 12.0. The zero-order chi connectivity index (χ0) is 11.3. The summed E-state index contributed by atoms with van der Waals surface area (Å²) in [6.07, 6.45) is 2.68. The van der Waals surface area contributed by atoms with Gasteiger partial charge in [-0.1, -0.05) is 12.8 Å². The van der Waals surface area contributed by atoms with Crippen molar-refractivity contribution < 1.29 is 19.4 Å². The number of carboxylic acid groups (broad SMARTS) is 1. The minimum atomic E-state index is -0.966. The molecule has 5 heteroatoms. The lowest BCUT2D eigenvalue weighted by atomic mass is 10.1. The van der Waals surface area contributed by atoms with E-state index in [1.165, 1.54) is 0 Å². The molecular weight excluding hydrogens is 198 g/mol. The summed E-state index contributed by atoms with van der Waals surface area (Å²) < 4.78 is 4.89. The van der Waals surface area contributed by atoms with Gasteiger partial charge in [0, 0.05) is 6.61 Å². The lowest BCUT2D eigenvalue weighted by Gasteiger charge is -2.13. The van der Waals surface area contributed by atoms with Gasteiger partial charge >= 0.3 is 5.97 Å². The average molecular weight is 215 g/mol. The molecule has 0 spiro atoms. The fourth-order valence-corrected chi connectivity index (χ4v) is 1.34. The van der Waals surface area contributed by atoms with Crippen LogP contribution in [0.25, 0.3) is 0 Å². The first-order valence-electron chi connectivity index (χ1n) is 5.23.